The van der Waals surface area contributed by atoms with Gasteiger partial charge in [-0.25, -0.2) is 0 Å². The maximum absolute atomic E-state index is 5.16. The van der Waals surface area contributed by atoms with Crippen LogP contribution in [-0.2, 0) is 6.42 Å². The van der Waals surface area contributed by atoms with E-state index in [1.807, 2.05) is 13.8 Å². The fourth-order valence-corrected chi connectivity index (χ4v) is 2.20. The molecule has 0 aliphatic rings. The average Bonchev–Trinajstić information content (AvgIpc) is 2.77. The zero-order valence-electron chi connectivity index (χ0n) is 13.8. The zero-order valence-corrected chi connectivity index (χ0v) is 16.2. The van der Waals surface area contributed by atoms with Crippen LogP contribution in [0.1, 0.15) is 43.7 Å². The van der Waals surface area contributed by atoms with E-state index >= 15 is 0 Å². The number of aryl methyl sites for hydroxylation is 2. The van der Waals surface area contributed by atoms with Gasteiger partial charge in [-0.1, -0.05) is 31.8 Å². The Morgan fingerprint density at radius 1 is 1.24 bits per heavy atom. The molecular weight excluding hydrogens is 379 g/mol. The number of halogens is 1. The Bertz CT molecular complexity index is 408. The first-order valence-corrected chi connectivity index (χ1v) is 7.48. The molecule has 0 fully saturated rings. The summed E-state index contributed by atoms with van der Waals surface area (Å²) < 4.78 is 5.16. The van der Waals surface area contributed by atoms with Gasteiger partial charge in [0.1, 0.15) is 5.76 Å². The molecule has 0 aliphatic carbocycles. The summed E-state index contributed by atoms with van der Waals surface area (Å²) in [5.74, 6) is 2.48. The second-order valence-corrected chi connectivity index (χ2v) is 5.12. The van der Waals surface area contributed by atoms with Gasteiger partial charge in [0.2, 0.25) is 0 Å². The van der Waals surface area contributed by atoms with Crippen LogP contribution in [0.4, 0.5) is 0 Å². The minimum atomic E-state index is 0. The van der Waals surface area contributed by atoms with Crippen molar-refractivity contribution in [2.45, 2.75) is 47.0 Å². The summed E-state index contributed by atoms with van der Waals surface area (Å²) in [6, 6.07) is 0. The quantitative estimate of drug-likeness (QED) is 0.414. The van der Waals surface area contributed by atoms with Crippen molar-refractivity contribution in [1.82, 2.24) is 15.8 Å². The second kappa shape index (κ2) is 10.9. The van der Waals surface area contributed by atoms with Crippen LogP contribution in [0.2, 0.25) is 0 Å². The number of hydrogen-bond acceptors (Lipinski definition) is 3. The molecule has 0 unspecified atom stereocenters. The van der Waals surface area contributed by atoms with E-state index in [4.69, 9.17) is 4.52 Å². The van der Waals surface area contributed by atoms with Crippen LogP contribution >= 0.6 is 24.0 Å². The summed E-state index contributed by atoms with van der Waals surface area (Å²) in [5.41, 5.74) is 2.16. The summed E-state index contributed by atoms with van der Waals surface area (Å²) >= 11 is 0. The minimum absolute atomic E-state index is 0. The maximum Gasteiger partial charge on any atom is 0.190 e. The van der Waals surface area contributed by atoms with Crippen molar-refractivity contribution in [3.8, 4) is 0 Å². The molecule has 6 heteroatoms. The molecule has 1 rings (SSSR count). The van der Waals surface area contributed by atoms with E-state index in [-0.39, 0.29) is 24.0 Å². The number of rotatable bonds is 7. The summed E-state index contributed by atoms with van der Waals surface area (Å²) in [6.45, 7) is 10.2. The van der Waals surface area contributed by atoms with Gasteiger partial charge in [-0.3, -0.25) is 4.99 Å². The summed E-state index contributed by atoms with van der Waals surface area (Å²) in [4.78, 5) is 4.25. The van der Waals surface area contributed by atoms with Crippen molar-refractivity contribution in [3.63, 3.8) is 0 Å². The lowest BCUT2D eigenvalue weighted by Crippen LogP contribution is -2.40. The van der Waals surface area contributed by atoms with Gasteiger partial charge in [-0.2, -0.15) is 0 Å². The third kappa shape index (κ3) is 6.67. The fourth-order valence-electron chi connectivity index (χ4n) is 2.20. The molecular formula is C15H29IN4O. The molecule has 5 nitrogen and oxygen atoms in total. The number of nitrogens with zero attached hydrogens (tertiary/aromatic N) is 2. The number of guanidine groups is 1. The van der Waals surface area contributed by atoms with Crippen LogP contribution < -0.4 is 10.6 Å². The van der Waals surface area contributed by atoms with Crippen LogP contribution in [0.15, 0.2) is 9.52 Å². The topological polar surface area (TPSA) is 62.5 Å². The third-order valence-electron chi connectivity index (χ3n) is 3.79. The Kier molecular flexibility index (Phi) is 10.5. The first kappa shape index (κ1) is 20.2. The number of aromatic nitrogens is 1. The number of nitrogens with one attached hydrogen (secondary N) is 2. The van der Waals surface area contributed by atoms with E-state index in [0.717, 1.165) is 36.9 Å². The first-order chi connectivity index (χ1) is 9.62. The molecule has 0 aliphatic heterocycles. The molecule has 1 heterocycles. The van der Waals surface area contributed by atoms with E-state index in [2.05, 4.69) is 34.6 Å². The summed E-state index contributed by atoms with van der Waals surface area (Å²) in [5, 5.41) is 10.7. The van der Waals surface area contributed by atoms with Crippen LogP contribution in [0, 0.1) is 19.8 Å². The third-order valence-corrected chi connectivity index (χ3v) is 3.79. The standard InChI is InChI=1S/C15H28N4O.HI/c1-6-13(7-2)10-18-15(16-5)17-9-8-14-11(3)19-20-12(14)4;/h13H,6-10H2,1-5H3,(H2,16,17,18);1H. The van der Waals surface area contributed by atoms with Crippen LogP contribution in [0.5, 0.6) is 0 Å². The smallest absolute Gasteiger partial charge is 0.190 e. The van der Waals surface area contributed by atoms with Crippen molar-refractivity contribution in [3.05, 3.63) is 17.0 Å². The lowest BCUT2D eigenvalue weighted by Gasteiger charge is -2.16. The minimum Gasteiger partial charge on any atom is -0.361 e. The highest BCUT2D eigenvalue weighted by molar-refractivity contribution is 14.0. The van der Waals surface area contributed by atoms with Crippen molar-refractivity contribution in [1.29, 1.82) is 0 Å². The Hall–Kier alpha value is -0.790. The summed E-state index contributed by atoms with van der Waals surface area (Å²) in [7, 11) is 1.80. The van der Waals surface area contributed by atoms with Gasteiger partial charge >= 0.3 is 0 Å². The molecule has 1 aromatic heterocycles. The van der Waals surface area contributed by atoms with Crippen molar-refractivity contribution < 1.29 is 4.52 Å². The van der Waals surface area contributed by atoms with Crippen LogP contribution in [-0.4, -0.2) is 31.3 Å². The maximum atomic E-state index is 5.16. The van der Waals surface area contributed by atoms with Crippen LogP contribution in [0.25, 0.3) is 0 Å². The van der Waals surface area contributed by atoms with E-state index in [9.17, 15) is 0 Å². The molecule has 122 valence electrons. The molecule has 0 bridgehead atoms. The highest BCUT2D eigenvalue weighted by atomic mass is 127. The predicted octanol–water partition coefficient (Wildman–Crippen LogP) is 3.05. The summed E-state index contributed by atoms with van der Waals surface area (Å²) in [6.07, 6.45) is 3.28. The van der Waals surface area contributed by atoms with Crippen molar-refractivity contribution >= 4 is 29.9 Å². The number of hydrogen-bond donors (Lipinski definition) is 2. The molecule has 0 saturated carbocycles. The van der Waals surface area contributed by atoms with Crippen LogP contribution in [0.3, 0.4) is 0 Å². The Morgan fingerprint density at radius 2 is 1.90 bits per heavy atom. The largest absolute Gasteiger partial charge is 0.361 e. The normalized spacial score (nSPS) is 11.4. The SMILES string of the molecule is CCC(CC)CNC(=NC)NCCc1c(C)noc1C.I. The highest BCUT2D eigenvalue weighted by Gasteiger charge is 2.09. The van der Waals surface area contributed by atoms with E-state index < -0.39 is 0 Å². The Morgan fingerprint density at radius 3 is 2.38 bits per heavy atom. The van der Waals surface area contributed by atoms with E-state index in [1.165, 1.54) is 18.4 Å². The van der Waals surface area contributed by atoms with E-state index in [1.54, 1.807) is 7.05 Å². The molecule has 0 radical (unpaired) electrons. The lowest BCUT2D eigenvalue weighted by molar-refractivity contribution is 0.392. The molecule has 1 aromatic rings. The van der Waals surface area contributed by atoms with Gasteiger partial charge in [0, 0.05) is 25.7 Å². The highest BCUT2D eigenvalue weighted by Crippen LogP contribution is 2.12. The molecule has 0 amide bonds. The van der Waals surface area contributed by atoms with Gasteiger partial charge in [0.25, 0.3) is 0 Å². The molecule has 0 atom stereocenters. The molecule has 21 heavy (non-hydrogen) atoms. The van der Waals surface area contributed by atoms with Gasteiger partial charge in [0.05, 0.1) is 5.69 Å². The van der Waals surface area contributed by atoms with Gasteiger partial charge in [0.15, 0.2) is 5.96 Å². The van der Waals surface area contributed by atoms with Crippen molar-refractivity contribution in [2.24, 2.45) is 10.9 Å². The van der Waals surface area contributed by atoms with E-state index in [0.29, 0.717) is 5.92 Å². The van der Waals surface area contributed by atoms with Crippen molar-refractivity contribution in [2.75, 3.05) is 20.1 Å². The first-order valence-electron chi connectivity index (χ1n) is 7.48. The van der Waals surface area contributed by atoms with Gasteiger partial charge in [-0.05, 0) is 26.2 Å². The monoisotopic (exact) mass is 408 g/mol. The number of aliphatic imine (C=N–C) groups is 1. The molecule has 0 saturated heterocycles. The average molecular weight is 408 g/mol. The van der Waals surface area contributed by atoms with Gasteiger partial charge in [-0.15, -0.1) is 24.0 Å². The molecule has 2 N–H and O–H groups in total. The lowest BCUT2D eigenvalue weighted by atomic mass is 10.0. The second-order valence-electron chi connectivity index (χ2n) is 5.12. The molecule has 0 spiro atoms. The predicted molar refractivity (Wildman–Crippen MR) is 98.5 cm³/mol. The Labute approximate surface area is 145 Å². The van der Waals surface area contributed by atoms with Gasteiger partial charge < -0.3 is 15.2 Å². The molecule has 0 aromatic carbocycles. The fraction of sp³-hybridized carbons (Fsp3) is 0.733. The Balaban J connectivity index is 0.00000400. The zero-order chi connectivity index (χ0) is 15.0.